The Labute approximate surface area is 164 Å². The number of rotatable bonds is 3. The molecule has 0 aromatic heterocycles. The summed E-state index contributed by atoms with van der Waals surface area (Å²) in [6, 6.07) is 11.6. The lowest BCUT2D eigenvalue weighted by atomic mass is 9.76. The van der Waals surface area contributed by atoms with Crippen molar-refractivity contribution >= 4 is 15.7 Å². The van der Waals surface area contributed by atoms with Crippen LogP contribution in [0.4, 0.5) is 5.69 Å². The van der Waals surface area contributed by atoms with Gasteiger partial charge in [-0.15, -0.1) is 0 Å². The second kappa shape index (κ2) is 6.67. The molecule has 1 saturated carbocycles. The first-order valence-corrected chi connectivity index (χ1v) is 11.5. The summed E-state index contributed by atoms with van der Waals surface area (Å²) in [5, 5.41) is 0. The summed E-state index contributed by atoms with van der Waals surface area (Å²) in [6.07, 6.45) is 5.58. The third-order valence-electron chi connectivity index (χ3n) is 5.77. The van der Waals surface area contributed by atoms with E-state index < -0.39 is 10.0 Å². The average Bonchev–Trinajstić information content (AvgIpc) is 3.12. The highest BCUT2D eigenvalue weighted by Gasteiger charge is 2.39. The monoisotopic (exact) mass is 401 g/mol. The maximum atomic E-state index is 11.6. The van der Waals surface area contributed by atoms with Gasteiger partial charge in [-0.1, -0.05) is 25.0 Å². The van der Waals surface area contributed by atoms with Crippen molar-refractivity contribution in [2.24, 2.45) is 0 Å². The van der Waals surface area contributed by atoms with Crippen molar-refractivity contribution in [1.29, 1.82) is 0 Å². The van der Waals surface area contributed by atoms with Gasteiger partial charge in [0, 0.05) is 11.6 Å². The summed E-state index contributed by atoms with van der Waals surface area (Å²) < 4.78 is 43.6. The standard InChI is InChI=1S/C21H23NO5S/c1-28(23,24)22-14-6-4-5-13(9-14)21-17-11-20-19(25-12-26-20)10-16(17)15-7-2-3-8-18(15)27-21/h4-6,9-11,15,18,21-22H,2-3,7-8,12H2,1H3/t15-,18-,21+/m0/s1. The molecule has 0 saturated heterocycles. The van der Waals surface area contributed by atoms with E-state index in [-0.39, 0.29) is 19.0 Å². The molecule has 28 heavy (non-hydrogen) atoms. The van der Waals surface area contributed by atoms with Gasteiger partial charge in [-0.05, 0) is 53.8 Å². The molecule has 0 unspecified atom stereocenters. The Balaban J connectivity index is 1.59. The van der Waals surface area contributed by atoms with Crippen molar-refractivity contribution in [1.82, 2.24) is 0 Å². The Morgan fingerprint density at radius 1 is 1.00 bits per heavy atom. The average molecular weight is 401 g/mol. The molecule has 2 aromatic rings. The smallest absolute Gasteiger partial charge is 0.231 e. The topological polar surface area (TPSA) is 73.9 Å². The Hall–Kier alpha value is -2.25. The van der Waals surface area contributed by atoms with Crippen molar-refractivity contribution in [3.63, 3.8) is 0 Å². The van der Waals surface area contributed by atoms with E-state index in [0.29, 0.717) is 11.6 Å². The van der Waals surface area contributed by atoms with E-state index in [1.807, 2.05) is 24.3 Å². The van der Waals surface area contributed by atoms with Crippen LogP contribution in [0.15, 0.2) is 36.4 Å². The molecular formula is C21H23NO5S. The van der Waals surface area contributed by atoms with Gasteiger partial charge < -0.3 is 14.2 Å². The highest BCUT2D eigenvalue weighted by atomic mass is 32.2. The Bertz CT molecular complexity index is 1020. The maximum Gasteiger partial charge on any atom is 0.231 e. The van der Waals surface area contributed by atoms with Crippen LogP contribution in [0, 0.1) is 0 Å². The second-order valence-electron chi connectivity index (χ2n) is 7.78. The van der Waals surface area contributed by atoms with Crippen molar-refractivity contribution in [2.75, 3.05) is 17.8 Å². The third kappa shape index (κ3) is 3.22. The van der Waals surface area contributed by atoms with E-state index in [2.05, 4.69) is 10.8 Å². The summed E-state index contributed by atoms with van der Waals surface area (Å²) in [7, 11) is -3.34. The Morgan fingerprint density at radius 2 is 1.75 bits per heavy atom. The number of benzene rings is 2. The van der Waals surface area contributed by atoms with Crippen LogP contribution in [0.1, 0.15) is 54.4 Å². The molecule has 2 aliphatic heterocycles. The molecule has 7 heteroatoms. The largest absolute Gasteiger partial charge is 0.454 e. The predicted octanol–water partition coefficient (Wildman–Crippen LogP) is 3.93. The van der Waals surface area contributed by atoms with Gasteiger partial charge in [0.05, 0.1) is 12.4 Å². The first kappa shape index (κ1) is 17.8. The number of sulfonamides is 1. The maximum absolute atomic E-state index is 11.6. The van der Waals surface area contributed by atoms with Crippen LogP contribution in [0.3, 0.4) is 0 Å². The second-order valence-corrected chi connectivity index (χ2v) is 9.53. The SMILES string of the molecule is CS(=O)(=O)Nc1cccc([C@H]2O[C@H]3CCCC[C@H]3c3cc4c(cc32)OCO4)c1. The number of anilines is 1. The van der Waals surface area contributed by atoms with Crippen LogP contribution < -0.4 is 14.2 Å². The predicted molar refractivity (Wildman–Crippen MR) is 105 cm³/mol. The van der Waals surface area contributed by atoms with Crippen LogP contribution in [-0.4, -0.2) is 27.6 Å². The lowest BCUT2D eigenvalue weighted by Crippen LogP contribution is -2.33. The highest BCUT2D eigenvalue weighted by Crippen LogP contribution is 2.50. The molecule has 0 spiro atoms. The zero-order valence-electron chi connectivity index (χ0n) is 15.7. The van der Waals surface area contributed by atoms with Crippen LogP contribution in [0.2, 0.25) is 0 Å². The zero-order chi connectivity index (χ0) is 19.3. The lowest BCUT2D eigenvalue weighted by molar-refractivity contribution is -0.0389. The van der Waals surface area contributed by atoms with Gasteiger partial charge in [-0.2, -0.15) is 0 Å². The molecular weight excluding hydrogens is 378 g/mol. The van der Waals surface area contributed by atoms with Crippen molar-refractivity contribution in [3.05, 3.63) is 53.1 Å². The Kier molecular flexibility index (Phi) is 4.25. The zero-order valence-corrected chi connectivity index (χ0v) is 16.5. The van der Waals surface area contributed by atoms with Gasteiger partial charge in [-0.3, -0.25) is 4.72 Å². The van der Waals surface area contributed by atoms with E-state index in [0.717, 1.165) is 41.7 Å². The number of hydrogen-bond acceptors (Lipinski definition) is 5. The summed E-state index contributed by atoms with van der Waals surface area (Å²) in [5.74, 6) is 1.91. The number of fused-ring (bicyclic) bond motifs is 4. The first-order valence-electron chi connectivity index (χ1n) is 9.64. The fourth-order valence-electron chi connectivity index (χ4n) is 4.62. The highest BCUT2D eigenvalue weighted by molar-refractivity contribution is 7.92. The van der Waals surface area contributed by atoms with Gasteiger partial charge in [0.15, 0.2) is 11.5 Å². The quantitative estimate of drug-likeness (QED) is 0.843. The van der Waals surface area contributed by atoms with E-state index in [4.69, 9.17) is 14.2 Å². The van der Waals surface area contributed by atoms with Crippen LogP contribution in [0.25, 0.3) is 0 Å². The van der Waals surface area contributed by atoms with E-state index in [9.17, 15) is 8.42 Å². The first-order chi connectivity index (χ1) is 13.5. The van der Waals surface area contributed by atoms with E-state index in [1.165, 1.54) is 18.4 Å². The molecule has 0 bridgehead atoms. The molecule has 0 amide bonds. The van der Waals surface area contributed by atoms with Crippen molar-refractivity contribution < 1.29 is 22.6 Å². The third-order valence-corrected chi connectivity index (χ3v) is 6.37. The van der Waals surface area contributed by atoms with Gasteiger partial charge in [0.1, 0.15) is 6.10 Å². The van der Waals surface area contributed by atoms with Crippen LogP contribution in [-0.2, 0) is 14.8 Å². The van der Waals surface area contributed by atoms with Crippen molar-refractivity contribution in [2.45, 2.75) is 43.8 Å². The minimum absolute atomic E-state index is 0.165. The fourth-order valence-corrected chi connectivity index (χ4v) is 5.18. The van der Waals surface area contributed by atoms with Gasteiger partial charge in [0.25, 0.3) is 0 Å². The summed E-state index contributed by atoms with van der Waals surface area (Å²) in [5.41, 5.74) is 3.82. The number of hydrogen-bond donors (Lipinski definition) is 1. The molecule has 1 N–H and O–H groups in total. The molecule has 5 rings (SSSR count). The van der Waals surface area contributed by atoms with Gasteiger partial charge in [0.2, 0.25) is 16.8 Å². The molecule has 2 aromatic carbocycles. The van der Waals surface area contributed by atoms with Crippen LogP contribution in [0.5, 0.6) is 11.5 Å². The number of ether oxygens (including phenoxy) is 3. The molecule has 3 atom stereocenters. The molecule has 2 heterocycles. The molecule has 0 radical (unpaired) electrons. The van der Waals surface area contributed by atoms with E-state index >= 15 is 0 Å². The van der Waals surface area contributed by atoms with Crippen LogP contribution >= 0.6 is 0 Å². The molecule has 3 aliphatic rings. The van der Waals surface area contributed by atoms with Gasteiger partial charge in [-0.25, -0.2) is 8.42 Å². The lowest BCUT2D eigenvalue weighted by Gasteiger charge is -2.41. The summed E-state index contributed by atoms with van der Waals surface area (Å²) in [6.45, 7) is 0.242. The van der Waals surface area contributed by atoms with Gasteiger partial charge >= 0.3 is 0 Å². The molecule has 1 aliphatic carbocycles. The molecule has 1 fully saturated rings. The molecule has 148 valence electrons. The Morgan fingerprint density at radius 3 is 2.54 bits per heavy atom. The summed E-state index contributed by atoms with van der Waals surface area (Å²) in [4.78, 5) is 0. The molecule has 6 nitrogen and oxygen atoms in total. The van der Waals surface area contributed by atoms with Crippen molar-refractivity contribution in [3.8, 4) is 11.5 Å². The van der Waals surface area contributed by atoms with E-state index in [1.54, 1.807) is 6.07 Å². The summed E-state index contributed by atoms with van der Waals surface area (Å²) >= 11 is 0. The minimum atomic E-state index is -3.34. The fraction of sp³-hybridized carbons (Fsp3) is 0.429. The minimum Gasteiger partial charge on any atom is -0.454 e. The normalized spacial score (nSPS) is 25.7. The number of nitrogens with one attached hydrogen (secondary N) is 1.